The smallest absolute Gasteiger partial charge is 0.233 e. The van der Waals surface area contributed by atoms with Gasteiger partial charge in [-0.3, -0.25) is 14.6 Å². The molecule has 1 fully saturated rings. The van der Waals surface area contributed by atoms with E-state index in [1.807, 2.05) is 53.4 Å². The lowest BCUT2D eigenvalue weighted by molar-refractivity contribution is -0.131. The summed E-state index contributed by atoms with van der Waals surface area (Å²) >= 11 is 1.40. The number of rotatable bonds is 8. The third-order valence-corrected chi connectivity index (χ3v) is 5.84. The Labute approximate surface area is 170 Å². The van der Waals surface area contributed by atoms with Gasteiger partial charge in [-0.25, -0.2) is 0 Å². The van der Waals surface area contributed by atoms with Gasteiger partial charge >= 0.3 is 0 Å². The fraction of sp³-hybridized carbons (Fsp3) is 0.409. The first-order valence-corrected chi connectivity index (χ1v) is 11.0. The highest BCUT2D eigenvalue weighted by Gasteiger charge is 2.25. The van der Waals surface area contributed by atoms with Crippen LogP contribution in [0.3, 0.4) is 0 Å². The molecule has 2 aromatic rings. The van der Waals surface area contributed by atoms with Crippen molar-refractivity contribution in [1.29, 1.82) is 0 Å². The molecular weight excluding hydrogens is 370 g/mol. The molecule has 1 unspecified atom stereocenters. The van der Waals surface area contributed by atoms with Crippen molar-refractivity contribution in [3.8, 4) is 0 Å². The Morgan fingerprint density at radius 2 is 1.86 bits per heavy atom. The molecule has 0 saturated carbocycles. The molecule has 1 saturated heterocycles. The Hall–Kier alpha value is -2.18. The predicted molar refractivity (Wildman–Crippen MR) is 113 cm³/mol. The fourth-order valence-corrected chi connectivity index (χ4v) is 4.22. The van der Waals surface area contributed by atoms with E-state index in [4.69, 9.17) is 0 Å². The summed E-state index contributed by atoms with van der Waals surface area (Å²) in [5.41, 5.74) is 1.60. The number of carbonyl (C=O) groups excluding carboxylic acids is 2. The van der Waals surface area contributed by atoms with Gasteiger partial charge in [-0.2, -0.15) is 0 Å². The Morgan fingerprint density at radius 1 is 1.04 bits per heavy atom. The van der Waals surface area contributed by atoms with Crippen LogP contribution in [0.1, 0.15) is 35.3 Å². The van der Waals surface area contributed by atoms with Crippen molar-refractivity contribution in [3.05, 3.63) is 66.0 Å². The molecule has 0 radical (unpaired) electrons. The number of hydrogen-bond donors (Lipinski definition) is 1. The quantitative estimate of drug-likeness (QED) is 0.693. The highest BCUT2D eigenvalue weighted by Crippen LogP contribution is 2.18. The Bertz CT molecular complexity index is 747. The Balaban J connectivity index is 1.59. The molecule has 1 aliphatic heterocycles. The molecule has 5 nitrogen and oxygen atoms in total. The van der Waals surface area contributed by atoms with Crippen LogP contribution in [0.5, 0.6) is 0 Å². The van der Waals surface area contributed by atoms with E-state index >= 15 is 0 Å². The second-order valence-electron chi connectivity index (χ2n) is 6.96. The maximum Gasteiger partial charge on any atom is 0.233 e. The van der Waals surface area contributed by atoms with Gasteiger partial charge in [0.05, 0.1) is 23.7 Å². The van der Waals surface area contributed by atoms with Gasteiger partial charge in [-0.05, 0) is 44.5 Å². The number of hydrogen-bond acceptors (Lipinski definition) is 5. The third kappa shape index (κ3) is 6.17. The number of benzene rings is 1. The van der Waals surface area contributed by atoms with Crippen molar-refractivity contribution in [2.45, 2.75) is 31.8 Å². The average Bonchev–Trinajstić information content (AvgIpc) is 3.02. The zero-order valence-electron chi connectivity index (χ0n) is 16.0. The largest absolute Gasteiger partial charge is 0.333 e. The molecule has 3 rings (SSSR count). The molecule has 148 valence electrons. The molecule has 0 bridgehead atoms. The topological polar surface area (TPSA) is 62.3 Å². The summed E-state index contributed by atoms with van der Waals surface area (Å²) in [7, 11) is 0. The van der Waals surface area contributed by atoms with Crippen molar-refractivity contribution in [2.75, 3.05) is 24.6 Å². The first-order chi connectivity index (χ1) is 13.7. The van der Waals surface area contributed by atoms with Crippen molar-refractivity contribution in [2.24, 2.45) is 0 Å². The third-order valence-electron chi connectivity index (χ3n) is 4.92. The first-order valence-electron chi connectivity index (χ1n) is 9.80. The molecule has 1 aliphatic rings. The van der Waals surface area contributed by atoms with Crippen LogP contribution in [0.25, 0.3) is 0 Å². The molecule has 6 heteroatoms. The molecule has 2 heterocycles. The maximum absolute atomic E-state index is 13.0. The molecular formula is C22H27N3O2S. The number of pyridine rings is 1. The number of Topliss-reactive ketones (excluding diaryl/α,β-unsaturated/α-hetero) is 1. The summed E-state index contributed by atoms with van der Waals surface area (Å²) in [6.07, 6.45) is 4.78. The van der Waals surface area contributed by atoms with Crippen LogP contribution in [0.15, 0.2) is 54.7 Å². The van der Waals surface area contributed by atoms with Gasteiger partial charge in [-0.15, -0.1) is 11.8 Å². The summed E-state index contributed by atoms with van der Waals surface area (Å²) in [6, 6.07) is 15.3. The lowest BCUT2D eigenvalue weighted by Gasteiger charge is -2.31. The number of ketones is 1. The van der Waals surface area contributed by atoms with E-state index in [1.54, 1.807) is 6.20 Å². The van der Waals surface area contributed by atoms with Crippen molar-refractivity contribution in [3.63, 3.8) is 0 Å². The van der Waals surface area contributed by atoms with Gasteiger partial charge in [0.1, 0.15) is 0 Å². The zero-order chi connectivity index (χ0) is 19.6. The van der Waals surface area contributed by atoms with Gasteiger partial charge in [0.25, 0.3) is 0 Å². The predicted octanol–water partition coefficient (Wildman–Crippen LogP) is 3.17. The Kier molecular flexibility index (Phi) is 8.06. The van der Waals surface area contributed by atoms with Crippen LogP contribution in [-0.2, 0) is 11.3 Å². The molecule has 28 heavy (non-hydrogen) atoms. The minimum atomic E-state index is 0.0633. The van der Waals surface area contributed by atoms with Crippen LogP contribution < -0.4 is 5.32 Å². The number of amides is 1. The van der Waals surface area contributed by atoms with E-state index < -0.39 is 0 Å². The summed E-state index contributed by atoms with van der Waals surface area (Å²) < 4.78 is 0. The SMILES string of the molecule is O=C(CSCC(=O)N(Cc1ccccn1)C1CCCNCC1)c1ccccc1. The van der Waals surface area contributed by atoms with Gasteiger partial charge < -0.3 is 10.2 Å². The highest BCUT2D eigenvalue weighted by atomic mass is 32.2. The van der Waals surface area contributed by atoms with Crippen LogP contribution >= 0.6 is 11.8 Å². The van der Waals surface area contributed by atoms with Crippen molar-refractivity contribution in [1.82, 2.24) is 15.2 Å². The number of nitrogens with one attached hydrogen (secondary N) is 1. The monoisotopic (exact) mass is 397 g/mol. The molecule has 1 aromatic heterocycles. The average molecular weight is 398 g/mol. The van der Waals surface area contributed by atoms with Crippen LogP contribution in [0, 0.1) is 0 Å². The van der Waals surface area contributed by atoms with E-state index in [9.17, 15) is 9.59 Å². The molecule has 1 atom stereocenters. The normalized spacial score (nSPS) is 16.9. The summed E-state index contributed by atoms with van der Waals surface area (Å²) in [4.78, 5) is 31.7. The molecule has 1 N–H and O–H groups in total. The first kappa shape index (κ1) is 20.6. The van der Waals surface area contributed by atoms with E-state index in [-0.39, 0.29) is 17.7 Å². The second-order valence-corrected chi connectivity index (χ2v) is 7.95. The maximum atomic E-state index is 13.0. The Morgan fingerprint density at radius 3 is 2.64 bits per heavy atom. The summed E-state index contributed by atoms with van der Waals surface area (Å²) in [5.74, 6) is 0.783. The number of carbonyl (C=O) groups is 2. The highest BCUT2D eigenvalue weighted by molar-refractivity contribution is 8.00. The van der Waals surface area contributed by atoms with E-state index in [0.29, 0.717) is 23.6 Å². The number of aromatic nitrogens is 1. The van der Waals surface area contributed by atoms with E-state index in [2.05, 4.69) is 10.3 Å². The second kappa shape index (κ2) is 11.0. The fourth-order valence-electron chi connectivity index (χ4n) is 3.42. The van der Waals surface area contributed by atoms with Crippen LogP contribution in [-0.4, -0.2) is 52.2 Å². The minimum absolute atomic E-state index is 0.0633. The van der Waals surface area contributed by atoms with Gasteiger partial charge in [-0.1, -0.05) is 36.4 Å². The number of nitrogens with zero attached hydrogens (tertiary/aromatic N) is 2. The zero-order valence-corrected chi connectivity index (χ0v) is 16.9. The van der Waals surface area contributed by atoms with Crippen LogP contribution in [0.2, 0.25) is 0 Å². The lowest BCUT2D eigenvalue weighted by atomic mass is 10.1. The van der Waals surface area contributed by atoms with Gasteiger partial charge in [0.15, 0.2) is 5.78 Å². The molecule has 1 amide bonds. The standard InChI is InChI=1S/C22H27N3O2S/c26-21(18-7-2-1-3-8-18)16-28-17-22(27)25(15-19-9-4-5-13-24-19)20-10-6-12-23-14-11-20/h1-5,7-9,13,20,23H,6,10-12,14-17H2. The van der Waals surface area contributed by atoms with E-state index in [1.165, 1.54) is 11.8 Å². The van der Waals surface area contributed by atoms with Crippen molar-refractivity contribution >= 4 is 23.5 Å². The van der Waals surface area contributed by atoms with Gasteiger partial charge in [0.2, 0.25) is 5.91 Å². The van der Waals surface area contributed by atoms with Crippen LogP contribution in [0.4, 0.5) is 0 Å². The van der Waals surface area contributed by atoms with Gasteiger partial charge in [0, 0.05) is 17.8 Å². The molecule has 1 aromatic carbocycles. The van der Waals surface area contributed by atoms with Crippen molar-refractivity contribution < 1.29 is 9.59 Å². The molecule has 0 spiro atoms. The minimum Gasteiger partial charge on any atom is -0.333 e. The number of thioether (sulfide) groups is 1. The molecule has 0 aliphatic carbocycles. The lowest BCUT2D eigenvalue weighted by Crippen LogP contribution is -2.41. The van der Waals surface area contributed by atoms with E-state index in [0.717, 1.165) is 38.0 Å². The summed E-state index contributed by atoms with van der Waals surface area (Å²) in [6.45, 7) is 2.45. The summed E-state index contributed by atoms with van der Waals surface area (Å²) in [5, 5.41) is 3.41.